The molecule has 28 heavy (non-hydrogen) atoms. The molecular formula is C20H23ClN4O3. The van der Waals surface area contributed by atoms with Gasteiger partial charge in [0.1, 0.15) is 0 Å². The third-order valence-electron chi connectivity index (χ3n) is 4.72. The molecule has 1 saturated heterocycles. The summed E-state index contributed by atoms with van der Waals surface area (Å²) in [5.74, 6) is -0.155. The minimum Gasteiger partial charge on any atom is -0.372 e. The summed E-state index contributed by atoms with van der Waals surface area (Å²) < 4.78 is 0. The van der Waals surface area contributed by atoms with E-state index in [2.05, 4.69) is 10.2 Å². The normalized spacial score (nSPS) is 13.8. The molecule has 0 bridgehead atoms. The van der Waals surface area contributed by atoms with Crippen molar-refractivity contribution in [3.8, 4) is 0 Å². The zero-order chi connectivity index (χ0) is 20.1. The molecule has 1 fully saturated rings. The Morgan fingerprint density at radius 1 is 1.21 bits per heavy atom. The van der Waals surface area contributed by atoms with Gasteiger partial charge in [-0.2, -0.15) is 0 Å². The fourth-order valence-corrected chi connectivity index (χ4v) is 3.50. The van der Waals surface area contributed by atoms with Gasteiger partial charge in [-0.25, -0.2) is 0 Å². The topological polar surface area (TPSA) is 78.7 Å². The van der Waals surface area contributed by atoms with E-state index in [0.29, 0.717) is 17.1 Å². The molecule has 0 unspecified atom stereocenters. The molecule has 1 aliphatic heterocycles. The summed E-state index contributed by atoms with van der Waals surface area (Å²) >= 11 is 6.13. The van der Waals surface area contributed by atoms with Crippen LogP contribution >= 0.6 is 11.6 Å². The van der Waals surface area contributed by atoms with Crippen molar-refractivity contribution in [1.82, 2.24) is 4.90 Å². The Kier molecular flexibility index (Phi) is 6.49. The molecule has 0 aliphatic carbocycles. The van der Waals surface area contributed by atoms with Gasteiger partial charge in [-0.05, 0) is 55.8 Å². The van der Waals surface area contributed by atoms with Crippen LogP contribution in [0.25, 0.3) is 0 Å². The van der Waals surface area contributed by atoms with E-state index in [1.54, 1.807) is 11.9 Å². The summed E-state index contributed by atoms with van der Waals surface area (Å²) in [7, 11) is 1.77. The standard InChI is InChI=1S/C20H23ClN4O3/c1-23(13-15-12-18(25(27)28)8-9-19(15)21)14-20(26)22-16-4-6-17(7-5-16)24-10-2-3-11-24/h4-9,12H,2-3,10-11,13-14H2,1H3,(H,22,26). The number of nitrogens with one attached hydrogen (secondary N) is 1. The van der Waals surface area contributed by atoms with Crippen LogP contribution in [-0.2, 0) is 11.3 Å². The predicted molar refractivity (Wildman–Crippen MR) is 111 cm³/mol. The van der Waals surface area contributed by atoms with Crippen molar-refractivity contribution in [2.24, 2.45) is 0 Å². The Balaban J connectivity index is 1.54. The largest absolute Gasteiger partial charge is 0.372 e. The van der Waals surface area contributed by atoms with Crippen molar-refractivity contribution in [3.05, 3.63) is 63.2 Å². The van der Waals surface area contributed by atoms with Crippen LogP contribution in [0.3, 0.4) is 0 Å². The first-order chi connectivity index (χ1) is 13.4. The number of rotatable bonds is 7. The van der Waals surface area contributed by atoms with E-state index in [-0.39, 0.29) is 18.1 Å². The summed E-state index contributed by atoms with van der Waals surface area (Å²) in [6.07, 6.45) is 2.44. The minimum absolute atomic E-state index is 0.0182. The van der Waals surface area contributed by atoms with Crippen molar-refractivity contribution in [2.45, 2.75) is 19.4 Å². The van der Waals surface area contributed by atoms with Gasteiger partial charge in [0.15, 0.2) is 0 Å². The number of non-ortho nitro benzene ring substituents is 1. The molecule has 1 amide bonds. The first-order valence-electron chi connectivity index (χ1n) is 9.18. The van der Waals surface area contributed by atoms with Crippen LogP contribution in [-0.4, -0.2) is 42.4 Å². The molecule has 0 radical (unpaired) electrons. The predicted octanol–water partition coefficient (Wildman–Crippen LogP) is 3.92. The van der Waals surface area contributed by atoms with Gasteiger partial charge in [0.2, 0.25) is 5.91 Å². The van der Waals surface area contributed by atoms with Crippen molar-refractivity contribution < 1.29 is 9.72 Å². The first-order valence-corrected chi connectivity index (χ1v) is 9.56. The minimum atomic E-state index is -0.460. The second-order valence-electron chi connectivity index (χ2n) is 6.99. The number of hydrogen-bond donors (Lipinski definition) is 1. The van der Waals surface area contributed by atoms with Gasteiger partial charge >= 0.3 is 0 Å². The van der Waals surface area contributed by atoms with E-state index in [0.717, 1.165) is 18.8 Å². The smallest absolute Gasteiger partial charge is 0.269 e. The van der Waals surface area contributed by atoms with Crippen molar-refractivity contribution >= 4 is 34.6 Å². The lowest BCUT2D eigenvalue weighted by Gasteiger charge is -2.19. The van der Waals surface area contributed by atoms with Crippen LogP contribution in [0.15, 0.2) is 42.5 Å². The number of carbonyl (C=O) groups is 1. The molecule has 148 valence electrons. The molecule has 1 heterocycles. The Morgan fingerprint density at radius 3 is 2.54 bits per heavy atom. The Hall–Kier alpha value is -2.64. The van der Waals surface area contributed by atoms with Crippen LogP contribution in [0.1, 0.15) is 18.4 Å². The molecule has 2 aromatic rings. The lowest BCUT2D eigenvalue weighted by molar-refractivity contribution is -0.384. The summed E-state index contributed by atoms with van der Waals surface area (Å²) in [6.45, 7) is 2.64. The highest BCUT2D eigenvalue weighted by Gasteiger charge is 2.14. The van der Waals surface area contributed by atoms with Crippen molar-refractivity contribution in [1.29, 1.82) is 0 Å². The fraction of sp³-hybridized carbons (Fsp3) is 0.350. The lowest BCUT2D eigenvalue weighted by atomic mass is 10.2. The fourth-order valence-electron chi connectivity index (χ4n) is 3.32. The Morgan fingerprint density at radius 2 is 1.89 bits per heavy atom. The molecule has 7 nitrogen and oxygen atoms in total. The van der Waals surface area contributed by atoms with Crippen LogP contribution in [0, 0.1) is 10.1 Å². The zero-order valence-corrected chi connectivity index (χ0v) is 16.5. The maximum atomic E-state index is 12.3. The number of anilines is 2. The van der Waals surface area contributed by atoms with E-state index in [1.165, 1.54) is 36.7 Å². The second-order valence-corrected chi connectivity index (χ2v) is 7.40. The molecular weight excluding hydrogens is 380 g/mol. The molecule has 8 heteroatoms. The average Bonchev–Trinajstić information content (AvgIpc) is 3.18. The maximum absolute atomic E-state index is 12.3. The van der Waals surface area contributed by atoms with E-state index in [4.69, 9.17) is 11.6 Å². The van der Waals surface area contributed by atoms with E-state index >= 15 is 0 Å². The van der Waals surface area contributed by atoms with Gasteiger partial charge < -0.3 is 10.2 Å². The Bertz CT molecular complexity index is 851. The number of nitro groups is 1. The van der Waals surface area contributed by atoms with Gasteiger partial charge in [-0.15, -0.1) is 0 Å². The Labute approximate surface area is 169 Å². The summed E-state index contributed by atoms with van der Waals surface area (Å²) in [5, 5.41) is 14.2. The van der Waals surface area contributed by atoms with Gasteiger partial charge in [0.05, 0.1) is 11.5 Å². The van der Waals surface area contributed by atoms with Crippen molar-refractivity contribution in [3.63, 3.8) is 0 Å². The number of nitrogens with zero attached hydrogens (tertiary/aromatic N) is 3. The number of halogens is 1. The van der Waals surface area contributed by atoms with Crippen LogP contribution in [0.2, 0.25) is 5.02 Å². The molecule has 0 spiro atoms. The van der Waals surface area contributed by atoms with Gasteiger partial charge in [0.25, 0.3) is 5.69 Å². The SMILES string of the molecule is CN(CC(=O)Nc1ccc(N2CCCC2)cc1)Cc1cc([N+](=O)[O-])ccc1Cl. The summed E-state index contributed by atoms with van der Waals surface area (Å²) in [4.78, 5) is 26.9. The molecule has 2 aromatic carbocycles. The summed E-state index contributed by atoms with van der Waals surface area (Å²) in [6, 6.07) is 12.2. The molecule has 0 saturated carbocycles. The zero-order valence-electron chi connectivity index (χ0n) is 15.7. The van der Waals surface area contributed by atoms with Gasteiger partial charge in [-0.1, -0.05) is 11.6 Å². The number of hydrogen-bond acceptors (Lipinski definition) is 5. The van der Waals surface area contributed by atoms with E-state index in [1.807, 2.05) is 24.3 Å². The van der Waals surface area contributed by atoms with Gasteiger partial charge in [0, 0.05) is 48.2 Å². The third-order valence-corrected chi connectivity index (χ3v) is 5.08. The third kappa shape index (κ3) is 5.21. The monoisotopic (exact) mass is 402 g/mol. The number of nitro benzene ring substituents is 1. The molecule has 0 atom stereocenters. The molecule has 3 rings (SSSR count). The second kappa shape index (κ2) is 9.03. The van der Waals surface area contributed by atoms with Gasteiger partial charge in [-0.3, -0.25) is 19.8 Å². The highest BCUT2D eigenvalue weighted by atomic mass is 35.5. The lowest BCUT2D eigenvalue weighted by Crippen LogP contribution is -2.30. The highest BCUT2D eigenvalue weighted by molar-refractivity contribution is 6.31. The van der Waals surface area contributed by atoms with E-state index < -0.39 is 4.92 Å². The number of carbonyl (C=O) groups excluding carboxylic acids is 1. The molecule has 1 aliphatic rings. The quantitative estimate of drug-likeness (QED) is 0.561. The van der Waals surface area contributed by atoms with Crippen LogP contribution in [0.5, 0.6) is 0 Å². The first kappa shape index (κ1) is 20.1. The average molecular weight is 403 g/mol. The number of amides is 1. The maximum Gasteiger partial charge on any atom is 0.269 e. The molecule has 1 N–H and O–H groups in total. The highest BCUT2D eigenvalue weighted by Crippen LogP contribution is 2.24. The summed E-state index contributed by atoms with van der Waals surface area (Å²) in [5.41, 5.74) is 2.51. The van der Waals surface area contributed by atoms with E-state index in [9.17, 15) is 14.9 Å². The van der Waals surface area contributed by atoms with Crippen molar-refractivity contribution in [2.75, 3.05) is 36.9 Å². The van der Waals surface area contributed by atoms with Crippen LogP contribution in [0.4, 0.5) is 17.1 Å². The molecule has 0 aromatic heterocycles. The number of likely N-dealkylation sites (N-methyl/N-ethyl adjacent to an activating group) is 1. The van der Waals surface area contributed by atoms with Crippen LogP contribution < -0.4 is 10.2 Å². The number of benzene rings is 2.